The van der Waals surface area contributed by atoms with Crippen LogP contribution in [0.3, 0.4) is 0 Å². The number of pyridine rings is 4. The first kappa shape index (κ1) is 102. The molecule has 0 spiro atoms. The lowest BCUT2D eigenvalue weighted by atomic mass is 10.2. The van der Waals surface area contributed by atoms with Crippen molar-refractivity contribution in [3.63, 3.8) is 0 Å². The quantitative estimate of drug-likeness (QED) is 0.0432. The van der Waals surface area contributed by atoms with Crippen molar-refractivity contribution in [2.24, 2.45) is 0 Å². The van der Waals surface area contributed by atoms with Crippen molar-refractivity contribution in [3.05, 3.63) is 350 Å². The lowest BCUT2D eigenvalue weighted by Gasteiger charge is -2.10. The third kappa shape index (κ3) is 24.4. The summed E-state index contributed by atoms with van der Waals surface area (Å²) >= 11 is 6.24. The molecular formula is C97H98N16O13S9. The average Bonchev–Trinajstić information content (AvgIpc) is 1.55. The highest BCUT2D eigenvalue weighted by Gasteiger charge is 2.21. The maximum atomic E-state index is 12.5. The number of aliphatic hydroxyl groups excluding tert-OH is 1. The second-order valence-corrected chi connectivity index (χ2v) is 43.5. The Hall–Kier alpha value is -13.8. The van der Waals surface area contributed by atoms with Gasteiger partial charge in [-0.1, -0.05) is 66.6 Å². The van der Waals surface area contributed by atoms with E-state index in [1.54, 1.807) is 173 Å². The number of carbonyl (C=O) groups is 1. The van der Waals surface area contributed by atoms with E-state index in [0.29, 0.717) is 85.3 Å². The van der Waals surface area contributed by atoms with Gasteiger partial charge in [0.1, 0.15) is 63.0 Å². The highest BCUT2D eigenvalue weighted by atomic mass is 32.2. The van der Waals surface area contributed by atoms with Crippen LogP contribution < -0.4 is 16.0 Å². The largest absolute Gasteiger partial charge is 0.467 e. The summed E-state index contributed by atoms with van der Waals surface area (Å²) in [5.41, 5.74) is 9.84. The van der Waals surface area contributed by atoms with Crippen LogP contribution in [0.25, 0.3) is 83.9 Å². The van der Waals surface area contributed by atoms with Gasteiger partial charge in [0.15, 0.2) is 60.5 Å². The molecule has 0 aliphatic heterocycles. The molecule has 0 saturated carbocycles. The van der Waals surface area contributed by atoms with Crippen molar-refractivity contribution in [3.8, 4) is 28.4 Å². The molecule has 4 N–H and O–H groups in total. The standard InChI is InChI=1S/C19H17N3O3S.C19H16N2O3S2.C19H14N2O3S2.C18H16N4O2S2.C17H15N5O2S2.5CH4/c1-26(23,24)17-7-5-15(6-8-17)22-11-10-14-4-9-18(21-19(14)22)20-13-16-3-2-12-25-16;2*1-26(23,24)15-7-5-14(6-8-15)21-11-10-13-4-9-16(20-19(13)21)18(22)17-3-2-12-25-17;1-26(23,24)15-6-4-13(5-7-15)22-9-8-16-18(22)21-17(12-19-16)20-11-14-3-2-10-25-14;1-26(23,24)14-6-4-12(5-7-14)22-17-15(20-21-22)8-9-16(19-17)18-11-13-3-2-10-25-13;;;;;/h2-12H,13H2,1H3,(H,20,21);2-12,18,22H,1H3;2-12H,1H3;2-10,12H,11H2,1H3,(H,20,21);2-10H,11H2,1H3,(H,18,19);5*1H4/t;18-;;;;;;;;/m.1......../s1. The summed E-state index contributed by atoms with van der Waals surface area (Å²) in [7, 11) is -16.1. The number of sulfone groups is 5. The number of rotatable bonds is 23. The molecule has 29 nitrogen and oxygen atoms in total. The molecule has 0 saturated heterocycles. The van der Waals surface area contributed by atoms with Crippen LogP contribution in [0.4, 0.5) is 17.5 Å². The number of anilines is 3. The number of ketones is 1. The van der Waals surface area contributed by atoms with Crippen molar-refractivity contribution in [2.75, 3.05) is 47.2 Å². The van der Waals surface area contributed by atoms with E-state index < -0.39 is 55.3 Å². The first-order valence-electron chi connectivity index (χ1n) is 39.5. The van der Waals surface area contributed by atoms with Gasteiger partial charge in [0.05, 0.1) is 72.8 Å². The number of hydrogen-bond donors (Lipinski definition) is 4. The minimum atomic E-state index is -3.24. The molecule has 20 rings (SSSR count). The minimum Gasteiger partial charge on any atom is -0.467 e. The Balaban J connectivity index is 0.000000161. The van der Waals surface area contributed by atoms with Crippen molar-refractivity contribution in [2.45, 2.75) is 87.3 Å². The van der Waals surface area contributed by atoms with Crippen LogP contribution in [-0.4, -0.2) is 147 Å². The molecule has 698 valence electrons. The van der Waals surface area contributed by atoms with E-state index >= 15 is 0 Å². The molecule has 0 unspecified atom stereocenters. The van der Waals surface area contributed by atoms with Gasteiger partial charge in [-0.05, 0) is 252 Å². The topological polar surface area (TPSA) is 385 Å². The molecule has 0 radical (unpaired) electrons. The zero-order valence-electron chi connectivity index (χ0n) is 69.6. The SMILES string of the molecule is C.C.C.C.C.CS(=O)(=O)c1ccc(-n2ccc3ccc(C(=O)c4cccs4)nc32)cc1.CS(=O)(=O)c1ccc(-n2ccc3ccc(NCc4ccco4)nc32)cc1.CS(=O)(=O)c1ccc(-n2ccc3ccc([C@@H](O)c4cccs4)nc32)cc1.CS(=O)(=O)c1ccc(-n2ccc3ncc(NCc4cccs4)nc32)cc1.CS(=O)(=O)c1ccc(-n2nnc3ccc(NCc4cccs4)nc32)cc1. The molecule has 20 aromatic rings. The van der Waals surface area contributed by atoms with Crippen molar-refractivity contribution < 1.29 is 56.4 Å². The maximum absolute atomic E-state index is 12.5. The summed E-state index contributed by atoms with van der Waals surface area (Å²) in [4.78, 5) is 45.4. The fraction of sp³-hybridized carbons (Fsp3) is 0.144. The Labute approximate surface area is 799 Å². The molecule has 0 aliphatic rings. The summed E-state index contributed by atoms with van der Waals surface area (Å²) in [6, 6.07) is 75.2. The summed E-state index contributed by atoms with van der Waals surface area (Å²) in [6.45, 7) is 1.94. The number of furan rings is 1. The fourth-order valence-corrected chi connectivity index (χ4v) is 19.3. The van der Waals surface area contributed by atoms with Crippen LogP contribution in [0, 0.1) is 0 Å². The van der Waals surface area contributed by atoms with Crippen molar-refractivity contribution in [1.82, 2.24) is 63.2 Å². The lowest BCUT2D eigenvalue weighted by molar-refractivity contribution is 0.103. The number of nitrogens with one attached hydrogen (secondary N) is 3. The molecule has 0 amide bonds. The van der Waals surface area contributed by atoms with E-state index in [1.165, 1.54) is 63.7 Å². The van der Waals surface area contributed by atoms with E-state index in [-0.39, 0.29) is 57.6 Å². The Kier molecular flexibility index (Phi) is 32.8. The van der Waals surface area contributed by atoms with Crippen LogP contribution >= 0.6 is 45.3 Å². The Morgan fingerprint density at radius 1 is 0.370 bits per heavy atom. The highest BCUT2D eigenvalue weighted by molar-refractivity contribution is 7.91. The van der Waals surface area contributed by atoms with E-state index in [4.69, 9.17) is 4.42 Å². The highest BCUT2D eigenvalue weighted by Crippen LogP contribution is 2.32. The zero-order valence-corrected chi connectivity index (χ0v) is 76.9. The van der Waals surface area contributed by atoms with Gasteiger partial charge in [0.25, 0.3) is 0 Å². The first-order chi connectivity index (χ1) is 62.4. The van der Waals surface area contributed by atoms with Crippen LogP contribution in [0.1, 0.15) is 84.7 Å². The Bertz CT molecular complexity index is 7570. The molecule has 15 heterocycles. The summed E-state index contributed by atoms with van der Waals surface area (Å²) in [5, 5.41) is 39.3. The number of aromatic nitrogens is 13. The smallest absolute Gasteiger partial charge is 0.221 e. The third-order valence-corrected chi connectivity index (χ3v) is 29.3. The number of carbonyl (C=O) groups excluding carboxylic acids is 1. The number of aliphatic hydroxyl groups is 1. The number of benzene rings is 5. The van der Waals surface area contributed by atoms with Gasteiger partial charge in [-0.25, -0.2) is 72.0 Å². The Morgan fingerprint density at radius 3 is 1.22 bits per heavy atom. The van der Waals surface area contributed by atoms with Gasteiger partial charge in [0.2, 0.25) is 5.78 Å². The number of nitrogens with zero attached hydrogens (tertiary/aromatic N) is 13. The number of fused-ring (bicyclic) bond motifs is 5. The van der Waals surface area contributed by atoms with Gasteiger partial charge < -0.3 is 39.2 Å². The van der Waals surface area contributed by atoms with Crippen LogP contribution in [0.2, 0.25) is 0 Å². The van der Waals surface area contributed by atoms with E-state index in [0.717, 1.165) is 72.3 Å². The second kappa shape index (κ2) is 43.5. The van der Waals surface area contributed by atoms with Crippen molar-refractivity contribution >= 4 is 173 Å². The predicted molar refractivity (Wildman–Crippen MR) is 543 cm³/mol. The molecule has 0 fully saturated rings. The molecular weight excluding hydrogens is 1890 g/mol. The summed E-state index contributed by atoms with van der Waals surface area (Å²) in [6.07, 6.45) is 16.1. The van der Waals surface area contributed by atoms with Gasteiger partial charge in [-0.3, -0.25) is 9.36 Å². The minimum absolute atomic E-state index is 0. The molecule has 15 aromatic heterocycles. The number of thiophene rings is 4. The molecule has 5 aromatic carbocycles. The third-order valence-electron chi connectivity index (χ3n) is 20.1. The second-order valence-electron chi connectivity index (χ2n) is 29.5. The first-order valence-corrected chi connectivity index (χ1v) is 52.5. The van der Waals surface area contributed by atoms with E-state index in [2.05, 4.69) is 68.3 Å². The predicted octanol–water partition coefficient (Wildman–Crippen LogP) is 20.5. The van der Waals surface area contributed by atoms with Gasteiger partial charge >= 0.3 is 0 Å². The van der Waals surface area contributed by atoms with Crippen LogP contribution in [0.5, 0.6) is 0 Å². The average molecular weight is 1980 g/mol. The molecule has 135 heavy (non-hydrogen) atoms. The van der Waals surface area contributed by atoms with Crippen LogP contribution in [0.15, 0.2) is 342 Å². The molecule has 1 atom stereocenters. The monoisotopic (exact) mass is 1980 g/mol. The maximum Gasteiger partial charge on any atom is 0.221 e. The lowest BCUT2D eigenvalue weighted by Crippen LogP contribution is -2.04. The normalized spacial score (nSPS) is 11.6. The zero-order chi connectivity index (χ0) is 91.1. The fourth-order valence-electron chi connectivity index (χ4n) is 13.5. The molecule has 0 aliphatic carbocycles. The molecule has 0 bridgehead atoms. The summed E-state index contributed by atoms with van der Waals surface area (Å²) in [5.74, 6) is 2.88. The summed E-state index contributed by atoms with van der Waals surface area (Å²) < 4.78 is 131. The van der Waals surface area contributed by atoms with E-state index in [1.807, 2.05) is 174 Å². The van der Waals surface area contributed by atoms with Gasteiger partial charge in [-0.2, -0.15) is 4.68 Å². The molecule has 38 heteroatoms. The van der Waals surface area contributed by atoms with Crippen molar-refractivity contribution in [1.29, 1.82) is 0 Å². The van der Waals surface area contributed by atoms with Gasteiger partial charge in [-0.15, -0.1) is 50.4 Å². The van der Waals surface area contributed by atoms with E-state index in [9.17, 15) is 52.0 Å². The Morgan fingerprint density at radius 2 is 0.770 bits per heavy atom. The van der Waals surface area contributed by atoms with Crippen LogP contribution in [-0.2, 0) is 68.8 Å². The van der Waals surface area contributed by atoms with Gasteiger partial charge in [0, 0.05) is 110 Å². The number of hydrogen-bond acceptors (Lipinski definition) is 28.